The van der Waals surface area contributed by atoms with Gasteiger partial charge in [0, 0.05) is 25.5 Å². The number of hydrogen-bond donors (Lipinski definition) is 1. The Hall–Kier alpha value is -1.75. The summed E-state index contributed by atoms with van der Waals surface area (Å²) >= 11 is 3.17. The largest absolute Gasteiger partial charge is 0.444 e. The molecule has 0 aliphatic heterocycles. The van der Waals surface area contributed by atoms with Gasteiger partial charge in [0.25, 0.3) is 5.91 Å². The predicted molar refractivity (Wildman–Crippen MR) is 79.9 cm³/mol. The van der Waals surface area contributed by atoms with Crippen LogP contribution in [-0.4, -0.2) is 20.0 Å². The van der Waals surface area contributed by atoms with E-state index in [4.69, 9.17) is 4.42 Å². The number of benzene rings is 1. The molecule has 0 unspecified atom stereocenters. The number of nitrogens with zero attached hydrogens (tertiary/aromatic N) is 1. The number of aryl methyl sites for hydroxylation is 1. The molecule has 1 amide bonds. The Morgan fingerprint density at radius 2 is 2.00 bits per heavy atom. The highest BCUT2D eigenvalue weighted by Crippen LogP contribution is 2.23. The fourth-order valence-corrected chi connectivity index (χ4v) is 2.10. The first-order chi connectivity index (χ1) is 8.97. The van der Waals surface area contributed by atoms with Gasteiger partial charge in [0.15, 0.2) is 10.4 Å². The standard InChI is InChI=1S/C14H15BrN2O2/c1-9-4-5-10(8-11(9)17(2)3)16-14(18)12-6-7-13(15)19-12/h4-8H,1-3H3,(H,16,18). The van der Waals surface area contributed by atoms with E-state index in [1.54, 1.807) is 12.1 Å². The third-order valence-electron chi connectivity index (χ3n) is 2.75. The molecule has 0 saturated carbocycles. The van der Waals surface area contributed by atoms with Gasteiger partial charge in [0.1, 0.15) is 0 Å². The van der Waals surface area contributed by atoms with Crippen molar-refractivity contribution in [3.8, 4) is 0 Å². The van der Waals surface area contributed by atoms with E-state index >= 15 is 0 Å². The average molecular weight is 323 g/mol. The highest BCUT2D eigenvalue weighted by molar-refractivity contribution is 9.10. The summed E-state index contributed by atoms with van der Waals surface area (Å²) in [5.41, 5.74) is 2.97. The third-order valence-corrected chi connectivity index (χ3v) is 3.17. The van der Waals surface area contributed by atoms with Crippen LogP contribution in [0.5, 0.6) is 0 Å². The smallest absolute Gasteiger partial charge is 0.291 e. The molecule has 0 atom stereocenters. The maximum Gasteiger partial charge on any atom is 0.291 e. The van der Waals surface area contributed by atoms with E-state index in [1.165, 1.54) is 0 Å². The van der Waals surface area contributed by atoms with Gasteiger partial charge in [-0.15, -0.1) is 0 Å². The molecule has 0 aliphatic carbocycles. The van der Waals surface area contributed by atoms with Crippen molar-refractivity contribution in [3.05, 3.63) is 46.3 Å². The summed E-state index contributed by atoms with van der Waals surface area (Å²) in [6, 6.07) is 9.10. The lowest BCUT2D eigenvalue weighted by atomic mass is 10.1. The first kappa shape index (κ1) is 13.7. The third kappa shape index (κ3) is 3.17. The number of carbonyl (C=O) groups excluding carboxylic acids is 1. The minimum absolute atomic E-state index is 0.265. The van der Waals surface area contributed by atoms with Crippen molar-refractivity contribution in [1.29, 1.82) is 0 Å². The second kappa shape index (κ2) is 5.48. The van der Waals surface area contributed by atoms with E-state index in [0.29, 0.717) is 4.67 Å². The van der Waals surface area contributed by atoms with Gasteiger partial charge in [-0.05, 0) is 52.7 Å². The van der Waals surface area contributed by atoms with Crippen molar-refractivity contribution in [2.75, 3.05) is 24.3 Å². The average Bonchev–Trinajstić information content (AvgIpc) is 2.78. The summed E-state index contributed by atoms with van der Waals surface area (Å²) in [7, 11) is 3.94. The number of halogens is 1. The molecule has 5 heteroatoms. The number of furan rings is 1. The van der Waals surface area contributed by atoms with Crippen LogP contribution in [0.1, 0.15) is 16.1 Å². The number of amides is 1. The fourth-order valence-electron chi connectivity index (χ4n) is 1.80. The molecule has 1 aromatic heterocycles. The number of rotatable bonds is 3. The Morgan fingerprint density at radius 3 is 2.58 bits per heavy atom. The summed E-state index contributed by atoms with van der Waals surface area (Å²) in [6.07, 6.45) is 0. The van der Waals surface area contributed by atoms with Crippen LogP contribution in [0, 0.1) is 6.92 Å². The highest BCUT2D eigenvalue weighted by atomic mass is 79.9. The molecule has 19 heavy (non-hydrogen) atoms. The van der Waals surface area contributed by atoms with Crippen molar-refractivity contribution >= 4 is 33.2 Å². The zero-order valence-corrected chi connectivity index (χ0v) is 12.6. The molecule has 100 valence electrons. The summed E-state index contributed by atoms with van der Waals surface area (Å²) in [5.74, 6) is 0.0121. The van der Waals surface area contributed by atoms with Gasteiger partial charge in [0.05, 0.1) is 0 Å². The quantitative estimate of drug-likeness (QED) is 0.937. The topological polar surface area (TPSA) is 45.5 Å². The van der Waals surface area contributed by atoms with Gasteiger partial charge in [0.2, 0.25) is 0 Å². The minimum Gasteiger partial charge on any atom is -0.444 e. The Bertz CT molecular complexity index is 605. The maximum atomic E-state index is 12.0. The summed E-state index contributed by atoms with van der Waals surface area (Å²) in [6.45, 7) is 2.03. The van der Waals surface area contributed by atoms with Crippen LogP contribution in [0.2, 0.25) is 0 Å². The molecule has 0 saturated heterocycles. The van der Waals surface area contributed by atoms with Crippen molar-refractivity contribution in [3.63, 3.8) is 0 Å². The van der Waals surface area contributed by atoms with Gasteiger partial charge < -0.3 is 14.6 Å². The Labute approximate surface area is 120 Å². The van der Waals surface area contributed by atoms with Gasteiger partial charge in [-0.3, -0.25) is 4.79 Å². The molecule has 1 N–H and O–H groups in total. The number of anilines is 2. The Morgan fingerprint density at radius 1 is 1.26 bits per heavy atom. The van der Waals surface area contributed by atoms with Crippen LogP contribution in [0.4, 0.5) is 11.4 Å². The normalized spacial score (nSPS) is 10.3. The van der Waals surface area contributed by atoms with Crippen molar-refractivity contribution in [2.24, 2.45) is 0 Å². The lowest BCUT2D eigenvalue weighted by Crippen LogP contribution is -2.13. The second-order valence-electron chi connectivity index (χ2n) is 4.45. The molecule has 0 aliphatic rings. The monoisotopic (exact) mass is 322 g/mol. The minimum atomic E-state index is -0.265. The molecule has 4 nitrogen and oxygen atoms in total. The zero-order valence-electron chi connectivity index (χ0n) is 11.0. The zero-order chi connectivity index (χ0) is 14.0. The van der Waals surface area contributed by atoms with Crippen molar-refractivity contribution < 1.29 is 9.21 Å². The molecule has 0 fully saturated rings. The van der Waals surface area contributed by atoms with Crippen molar-refractivity contribution in [1.82, 2.24) is 0 Å². The SMILES string of the molecule is Cc1ccc(NC(=O)c2ccc(Br)o2)cc1N(C)C. The first-order valence-corrected chi connectivity index (χ1v) is 6.61. The molecular weight excluding hydrogens is 308 g/mol. The molecule has 2 rings (SSSR count). The molecule has 2 aromatic rings. The van der Waals surface area contributed by atoms with Crippen molar-refractivity contribution in [2.45, 2.75) is 6.92 Å². The van der Waals surface area contributed by atoms with Gasteiger partial charge in [-0.1, -0.05) is 6.07 Å². The maximum absolute atomic E-state index is 12.0. The highest BCUT2D eigenvalue weighted by Gasteiger charge is 2.11. The van der Waals surface area contributed by atoms with Crippen LogP contribution in [0.3, 0.4) is 0 Å². The van der Waals surface area contributed by atoms with E-state index in [-0.39, 0.29) is 11.7 Å². The van der Waals surface area contributed by atoms with E-state index in [9.17, 15) is 4.79 Å². The van der Waals surface area contributed by atoms with E-state index in [1.807, 2.05) is 44.1 Å². The molecule has 0 spiro atoms. The van der Waals surface area contributed by atoms with Crippen LogP contribution < -0.4 is 10.2 Å². The summed E-state index contributed by atoms with van der Waals surface area (Å²) in [4.78, 5) is 14.0. The van der Waals surface area contributed by atoms with Gasteiger partial charge in [-0.2, -0.15) is 0 Å². The van der Waals surface area contributed by atoms with E-state index < -0.39 is 0 Å². The second-order valence-corrected chi connectivity index (χ2v) is 5.24. The van der Waals surface area contributed by atoms with E-state index in [2.05, 4.69) is 21.2 Å². The molecule has 1 heterocycles. The fraction of sp³-hybridized carbons (Fsp3) is 0.214. The molecule has 0 radical (unpaired) electrons. The Kier molecular flexibility index (Phi) is 3.95. The first-order valence-electron chi connectivity index (χ1n) is 5.82. The van der Waals surface area contributed by atoms with Gasteiger partial charge in [-0.25, -0.2) is 0 Å². The summed E-state index contributed by atoms with van der Waals surface area (Å²) in [5, 5.41) is 2.81. The Balaban J connectivity index is 2.20. The molecule has 1 aromatic carbocycles. The predicted octanol–water partition coefficient (Wildman–Crippen LogP) is 3.67. The van der Waals surface area contributed by atoms with Crippen LogP contribution >= 0.6 is 15.9 Å². The van der Waals surface area contributed by atoms with E-state index in [0.717, 1.165) is 16.9 Å². The molecule has 0 bridgehead atoms. The van der Waals surface area contributed by atoms with Crippen LogP contribution in [0.25, 0.3) is 0 Å². The molecular formula is C14H15BrN2O2. The van der Waals surface area contributed by atoms with Crippen LogP contribution in [-0.2, 0) is 0 Å². The summed E-state index contributed by atoms with van der Waals surface area (Å²) < 4.78 is 5.75. The number of nitrogens with one attached hydrogen (secondary N) is 1. The number of hydrogen-bond acceptors (Lipinski definition) is 3. The number of carbonyl (C=O) groups is 1. The lowest BCUT2D eigenvalue weighted by Gasteiger charge is -2.17. The lowest BCUT2D eigenvalue weighted by molar-refractivity contribution is 0.0995. The van der Waals surface area contributed by atoms with Crippen LogP contribution in [0.15, 0.2) is 39.4 Å². The van der Waals surface area contributed by atoms with Gasteiger partial charge >= 0.3 is 0 Å².